The first-order chi connectivity index (χ1) is 10.9. The molecular formula is C12H16FeN2O10. The number of aliphatic carboxylic acids is 2. The number of carboxylic acid groups (broad SMARTS) is 2. The molecule has 0 aliphatic rings. The van der Waals surface area contributed by atoms with Crippen molar-refractivity contribution in [2.45, 2.75) is 38.8 Å². The van der Waals surface area contributed by atoms with Crippen molar-refractivity contribution in [1.29, 1.82) is 0 Å². The predicted molar refractivity (Wildman–Crippen MR) is 68.7 cm³/mol. The van der Waals surface area contributed by atoms with E-state index in [0.717, 1.165) is 13.8 Å². The molecule has 0 amide bonds. The van der Waals surface area contributed by atoms with Gasteiger partial charge in [0.05, 0.1) is 0 Å². The van der Waals surface area contributed by atoms with Crippen LogP contribution in [0.4, 0.5) is 0 Å². The molecule has 0 heterocycles. The minimum absolute atomic E-state index is 0. The van der Waals surface area contributed by atoms with E-state index in [2.05, 4.69) is 9.47 Å². The second kappa shape index (κ2) is 14.0. The van der Waals surface area contributed by atoms with Crippen LogP contribution >= 0.6 is 0 Å². The third-order valence-electron chi connectivity index (χ3n) is 1.87. The number of carboxylic acids is 2. The van der Waals surface area contributed by atoms with E-state index >= 15 is 0 Å². The van der Waals surface area contributed by atoms with E-state index in [9.17, 15) is 39.0 Å². The summed E-state index contributed by atoms with van der Waals surface area (Å²) in [7, 11) is 0. The topological polar surface area (TPSA) is 219 Å². The van der Waals surface area contributed by atoms with Crippen molar-refractivity contribution in [2.24, 2.45) is 11.5 Å². The zero-order chi connectivity index (χ0) is 19.4. The van der Waals surface area contributed by atoms with Crippen molar-refractivity contribution in [1.82, 2.24) is 0 Å². The van der Waals surface area contributed by atoms with E-state index < -0.39 is 60.7 Å². The summed E-state index contributed by atoms with van der Waals surface area (Å²) in [5.74, 6) is -6.72. The molecule has 0 radical (unpaired) electrons. The molecule has 25 heavy (non-hydrogen) atoms. The van der Waals surface area contributed by atoms with Gasteiger partial charge in [-0.2, -0.15) is 0 Å². The quantitative estimate of drug-likeness (QED) is 0.242. The molecule has 0 saturated carbocycles. The number of carbonyl (C=O) groups excluding carboxylic acids is 6. The molecule has 4 N–H and O–H groups in total. The second-order valence-corrected chi connectivity index (χ2v) is 4.19. The van der Waals surface area contributed by atoms with Gasteiger partial charge in [-0.3, -0.25) is 9.59 Å². The van der Waals surface area contributed by atoms with Gasteiger partial charge >= 0.3 is 40.9 Å². The second-order valence-electron chi connectivity index (χ2n) is 4.19. The van der Waals surface area contributed by atoms with Gasteiger partial charge in [0.15, 0.2) is 0 Å². The first-order valence-electron chi connectivity index (χ1n) is 6.22. The summed E-state index contributed by atoms with van der Waals surface area (Å²) in [6, 6.07) is -2.70. The van der Waals surface area contributed by atoms with Gasteiger partial charge in [-0.1, -0.05) is 0 Å². The van der Waals surface area contributed by atoms with Crippen LogP contribution in [-0.4, -0.2) is 47.9 Å². The van der Waals surface area contributed by atoms with Crippen LogP contribution in [0.1, 0.15) is 26.7 Å². The fourth-order valence-corrected chi connectivity index (χ4v) is 0.960. The molecule has 0 unspecified atom stereocenters. The molecule has 0 aliphatic heterocycles. The number of rotatable bonds is 6. The Morgan fingerprint density at radius 1 is 0.760 bits per heavy atom. The Labute approximate surface area is 152 Å². The summed E-state index contributed by atoms with van der Waals surface area (Å²) in [5, 5.41) is 19.8. The average Bonchev–Trinajstić information content (AvgIpc) is 2.36. The minimum atomic E-state index is -1.47. The molecule has 0 fully saturated rings. The van der Waals surface area contributed by atoms with Gasteiger partial charge in [-0.15, -0.1) is 0 Å². The number of carbonyl (C=O) groups is 6. The standard InChI is InChI=1S/2C6H9NO5.Fe/c2*1-3(8)12-6(11)4(7)2-5(9)10;/h2*4H,2,7H2,1H3,(H,9,10);/q;;+2/p-2/t2*4-;/m00./s1. The van der Waals surface area contributed by atoms with Crippen LogP contribution in [0.5, 0.6) is 0 Å². The van der Waals surface area contributed by atoms with Crippen LogP contribution in [0.2, 0.25) is 0 Å². The zero-order valence-corrected chi connectivity index (χ0v) is 14.3. The van der Waals surface area contributed by atoms with Gasteiger partial charge in [0.25, 0.3) is 0 Å². The van der Waals surface area contributed by atoms with Gasteiger partial charge in [-0.25, -0.2) is 9.59 Å². The van der Waals surface area contributed by atoms with Crippen molar-refractivity contribution in [3.05, 3.63) is 0 Å². The summed E-state index contributed by atoms with van der Waals surface area (Å²) in [4.78, 5) is 61.5. The Bertz CT molecular complexity index is 476. The Balaban J connectivity index is -0.000000372. The maximum atomic E-state index is 10.6. The first kappa shape index (κ1) is 27.5. The van der Waals surface area contributed by atoms with Crippen LogP contribution in [-0.2, 0) is 55.3 Å². The molecular weight excluding hydrogens is 388 g/mol. The van der Waals surface area contributed by atoms with Crippen LogP contribution in [0.3, 0.4) is 0 Å². The van der Waals surface area contributed by atoms with Gasteiger partial charge < -0.3 is 40.7 Å². The summed E-state index contributed by atoms with van der Waals surface area (Å²) in [5.41, 5.74) is 10.0. The third kappa shape index (κ3) is 17.8. The van der Waals surface area contributed by atoms with Gasteiger partial charge in [0.2, 0.25) is 0 Å². The molecule has 2 atom stereocenters. The SMILES string of the molecule is CC(=O)OC(=O)[C@@H](N)CC(=O)[O-].CC(=O)OC(=O)[C@@H](N)CC(=O)[O-].[Fe+2]. The maximum absolute atomic E-state index is 10.6. The minimum Gasteiger partial charge on any atom is -0.550 e. The van der Waals surface area contributed by atoms with Crippen molar-refractivity contribution in [3.8, 4) is 0 Å². The molecule has 0 spiro atoms. The van der Waals surface area contributed by atoms with Crippen LogP contribution in [0.25, 0.3) is 0 Å². The smallest absolute Gasteiger partial charge is 0.550 e. The normalized spacial score (nSPS) is 11.4. The Morgan fingerprint density at radius 2 is 1.00 bits per heavy atom. The average molecular weight is 404 g/mol. The molecule has 142 valence electrons. The van der Waals surface area contributed by atoms with Gasteiger partial charge in [-0.05, 0) is 0 Å². The van der Waals surface area contributed by atoms with Crippen LogP contribution < -0.4 is 21.7 Å². The number of esters is 4. The Hall–Kier alpha value is -2.34. The molecule has 0 aromatic heterocycles. The van der Waals surface area contributed by atoms with E-state index in [0.29, 0.717) is 0 Å². The molecule has 0 aromatic rings. The van der Waals surface area contributed by atoms with Gasteiger partial charge in [0, 0.05) is 38.6 Å². The number of ether oxygens (including phenoxy) is 2. The molecule has 13 heteroatoms. The van der Waals surface area contributed by atoms with E-state index in [1.807, 2.05) is 0 Å². The van der Waals surface area contributed by atoms with Crippen molar-refractivity contribution < 1.29 is 65.5 Å². The Kier molecular flexibility index (Phi) is 15.4. The monoisotopic (exact) mass is 404 g/mol. The number of hydrogen-bond donors (Lipinski definition) is 2. The van der Waals surface area contributed by atoms with E-state index in [4.69, 9.17) is 11.5 Å². The summed E-state index contributed by atoms with van der Waals surface area (Å²) >= 11 is 0. The van der Waals surface area contributed by atoms with E-state index in [1.165, 1.54) is 0 Å². The predicted octanol–water partition coefficient (Wildman–Crippen LogP) is -4.92. The number of hydrogen-bond acceptors (Lipinski definition) is 12. The summed E-state index contributed by atoms with van der Waals surface area (Å²) < 4.78 is 8.04. The zero-order valence-electron chi connectivity index (χ0n) is 13.2. The fourth-order valence-electron chi connectivity index (χ4n) is 0.960. The molecule has 0 aromatic carbocycles. The van der Waals surface area contributed by atoms with Gasteiger partial charge in [0.1, 0.15) is 12.1 Å². The summed E-state index contributed by atoms with van der Waals surface area (Å²) in [6.45, 7) is 2.03. The van der Waals surface area contributed by atoms with E-state index in [-0.39, 0.29) is 17.1 Å². The molecule has 0 saturated heterocycles. The van der Waals surface area contributed by atoms with Crippen molar-refractivity contribution >= 4 is 35.8 Å². The largest absolute Gasteiger partial charge is 2.00 e. The van der Waals surface area contributed by atoms with Crippen molar-refractivity contribution in [3.63, 3.8) is 0 Å². The summed E-state index contributed by atoms with van der Waals surface area (Å²) in [6.07, 6.45) is -1.32. The maximum Gasteiger partial charge on any atom is 2.00 e. The fraction of sp³-hybridized carbons (Fsp3) is 0.500. The molecule has 0 aliphatic carbocycles. The molecule has 0 rings (SSSR count). The molecule has 12 nitrogen and oxygen atoms in total. The number of nitrogens with two attached hydrogens (primary N) is 2. The molecule has 0 bridgehead atoms. The van der Waals surface area contributed by atoms with E-state index in [1.54, 1.807) is 0 Å². The van der Waals surface area contributed by atoms with Crippen LogP contribution in [0, 0.1) is 0 Å². The Morgan fingerprint density at radius 3 is 1.16 bits per heavy atom. The first-order valence-corrected chi connectivity index (χ1v) is 6.22. The van der Waals surface area contributed by atoms with Crippen molar-refractivity contribution in [2.75, 3.05) is 0 Å². The third-order valence-corrected chi connectivity index (χ3v) is 1.87. The van der Waals surface area contributed by atoms with Crippen LogP contribution in [0.15, 0.2) is 0 Å².